The fourth-order valence-electron chi connectivity index (χ4n) is 1.42. The van der Waals surface area contributed by atoms with Crippen LogP contribution in [0.25, 0.3) is 11.3 Å². The van der Waals surface area contributed by atoms with Crippen molar-refractivity contribution in [3.8, 4) is 11.3 Å². The lowest BCUT2D eigenvalue weighted by molar-refractivity contribution is -0.144. The molecule has 0 radical (unpaired) electrons. The Kier molecular flexibility index (Phi) is 3.09. The summed E-state index contributed by atoms with van der Waals surface area (Å²) in [4.78, 5) is 6.16. The Hall–Kier alpha value is -2.25. The van der Waals surface area contributed by atoms with Gasteiger partial charge in [0.15, 0.2) is 0 Å². The molecular formula is C11H6F5N3. The summed E-state index contributed by atoms with van der Waals surface area (Å²) in [6, 6.07) is 3.30. The maximum absolute atomic E-state index is 13.5. The zero-order valence-corrected chi connectivity index (χ0v) is 9.17. The molecule has 0 aliphatic rings. The van der Waals surface area contributed by atoms with Gasteiger partial charge < -0.3 is 5.73 Å². The Bertz CT molecular complexity index is 624. The van der Waals surface area contributed by atoms with E-state index in [1.165, 1.54) is 0 Å². The highest BCUT2D eigenvalue weighted by molar-refractivity contribution is 5.62. The van der Waals surface area contributed by atoms with Crippen molar-refractivity contribution in [1.29, 1.82) is 0 Å². The number of anilines is 1. The van der Waals surface area contributed by atoms with E-state index >= 15 is 0 Å². The van der Waals surface area contributed by atoms with E-state index in [4.69, 9.17) is 5.73 Å². The number of alkyl halides is 3. The smallest absolute Gasteiger partial charge is 0.384 e. The molecule has 0 bridgehead atoms. The molecule has 19 heavy (non-hydrogen) atoms. The topological polar surface area (TPSA) is 51.8 Å². The molecular weight excluding hydrogens is 269 g/mol. The quantitative estimate of drug-likeness (QED) is 0.814. The molecule has 100 valence electrons. The molecule has 1 heterocycles. The lowest BCUT2D eigenvalue weighted by Crippen LogP contribution is -2.13. The molecule has 2 N–H and O–H groups in total. The van der Waals surface area contributed by atoms with Gasteiger partial charge in [0.1, 0.15) is 17.5 Å². The average Bonchev–Trinajstić information content (AvgIpc) is 2.30. The normalized spacial score (nSPS) is 11.6. The van der Waals surface area contributed by atoms with Crippen LogP contribution in [0, 0.1) is 11.6 Å². The Balaban J connectivity index is 2.63. The van der Waals surface area contributed by atoms with E-state index in [0.717, 1.165) is 24.3 Å². The van der Waals surface area contributed by atoms with Crippen LogP contribution in [-0.2, 0) is 6.18 Å². The molecule has 1 aromatic heterocycles. The summed E-state index contributed by atoms with van der Waals surface area (Å²) in [6.45, 7) is 0. The van der Waals surface area contributed by atoms with Gasteiger partial charge >= 0.3 is 6.18 Å². The number of hydrogen-bond acceptors (Lipinski definition) is 3. The number of nitrogen functional groups attached to an aromatic ring is 1. The lowest BCUT2D eigenvalue weighted by atomic mass is 10.1. The first-order valence-electron chi connectivity index (χ1n) is 4.94. The minimum Gasteiger partial charge on any atom is -0.384 e. The van der Waals surface area contributed by atoms with E-state index in [0.29, 0.717) is 0 Å². The van der Waals surface area contributed by atoms with Crippen LogP contribution in [0.1, 0.15) is 5.82 Å². The first-order valence-corrected chi connectivity index (χ1v) is 4.94. The van der Waals surface area contributed by atoms with Crippen LogP contribution < -0.4 is 5.73 Å². The number of rotatable bonds is 1. The van der Waals surface area contributed by atoms with Crippen molar-refractivity contribution in [1.82, 2.24) is 9.97 Å². The van der Waals surface area contributed by atoms with Crippen molar-refractivity contribution < 1.29 is 22.0 Å². The molecule has 0 aliphatic carbocycles. The third-order valence-electron chi connectivity index (χ3n) is 2.20. The summed E-state index contributed by atoms with van der Waals surface area (Å²) in [6.07, 6.45) is -4.83. The van der Waals surface area contributed by atoms with E-state index in [9.17, 15) is 22.0 Å². The standard InChI is InChI=1S/C11H6F5N3/c12-5-1-2-7(13)6(3-5)8-4-9(17)19-10(18-8)11(14,15)16/h1-4H,(H2,17,18,19). The molecule has 0 spiro atoms. The number of nitrogens with two attached hydrogens (primary N) is 1. The number of aromatic nitrogens is 2. The highest BCUT2D eigenvalue weighted by atomic mass is 19.4. The first kappa shape index (κ1) is 13.2. The predicted octanol–water partition coefficient (Wildman–Crippen LogP) is 3.02. The Morgan fingerprint density at radius 2 is 1.68 bits per heavy atom. The average molecular weight is 275 g/mol. The van der Waals surface area contributed by atoms with E-state index in [2.05, 4.69) is 9.97 Å². The fourth-order valence-corrected chi connectivity index (χ4v) is 1.42. The molecule has 0 saturated heterocycles. The number of halogens is 5. The summed E-state index contributed by atoms with van der Waals surface area (Å²) in [5, 5.41) is 0. The van der Waals surface area contributed by atoms with E-state index in [1.807, 2.05) is 0 Å². The van der Waals surface area contributed by atoms with Crippen molar-refractivity contribution >= 4 is 5.82 Å². The van der Waals surface area contributed by atoms with Gasteiger partial charge in [0.2, 0.25) is 5.82 Å². The predicted molar refractivity (Wildman–Crippen MR) is 56.8 cm³/mol. The van der Waals surface area contributed by atoms with Crippen LogP contribution >= 0.6 is 0 Å². The molecule has 0 unspecified atom stereocenters. The number of nitrogens with zero attached hydrogens (tertiary/aromatic N) is 2. The summed E-state index contributed by atoms with van der Waals surface area (Å²) in [5.41, 5.74) is 4.36. The van der Waals surface area contributed by atoms with Crippen LogP contribution in [-0.4, -0.2) is 9.97 Å². The van der Waals surface area contributed by atoms with E-state index < -0.39 is 40.7 Å². The molecule has 0 aliphatic heterocycles. The van der Waals surface area contributed by atoms with Crippen LogP contribution in [0.3, 0.4) is 0 Å². The molecule has 2 aromatic rings. The molecule has 2 rings (SSSR count). The van der Waals surface area contributed by atoms with Gasteiger partial charge in [-0.25, -0.2) is 18.7 Å². The molecule has 0 fully saturated rings. The third kappa shape index (κ3) is 2.78. The second-order valence-electron chi connectivity index (χ2n) is 3.62. The van der Waals surface area contributed by atoms with E-state index in [-0.39, 0.29) is 0 Å². The largest absolute Gasteiger partial charge is 0.451 e. The lowest BCUT2D eigenvalue weighted by Gasteiger charge is -2.09. The van der Waals surface area contributed by atoms with Gasteiger partial charge in [0.05, 0.1) is 5.69 Å². The van der Waals surface area contributed by atoms with Gasteiger partial charge in [-0.05, 0) is 18.2 Å². The Morgan fingerprint density at radius 1 is 1.00 bits per heavy atom. The summed E-state index contributed by atoms with van der Waals surface area (Å²) < 4.78 is 64.0. The summed E-state index contributed by atoms with van der Waals surface area (Å²) >= 11 is 0. The SMILES string of the molecule is Nc1cc(-c2cc(F)ccc2F)nc(C(F)(F)F)n1. The summed E-state index contributed by atoms with van der Waals surface area (Å²) in [7, 11) is 0. The van der Waals surface area contributed by atoms with Gasteiger partial charge in [-0.2, -0.15) is 13.2 Å². The second-order valence-corrected chi connectivity index (χ2v) is 3.62. The van der Waals surface area contributed by atoms with Gasteiger partial charge in [-0.15, -0.1) is 0 Å². The molecule has 1 aromatic carbocycles. The maximum atomic E-state index is 13.5. The van der Waals surface area contributed by atoms with E-state index in [1.54, 1.807) is 0 Å². The van der Waals surface area contributed by atoms with Crippen LogP contribution in [0.15, 0.2) is 24.3 Å². The monoisotopic (exact) mass is 275 g/mol. The molecule has 3 nitrogen and oxygen atoms in total. The first-order chi connectivity index (χ1) is 8.77. The van der Waals surface area contributed by atoms with Gasteiger partial charge in [0, 0.05) is 11.6 Å². The zero-order valence-electron chi connectivity index (χ0n) is 9.17. The minimum atomic E-state index is -4.83. The minimum absolute atomic E-state index is 0.417. The fraction of sp³-hybridized carbons (Fsp3) is 0.0909. The zero-order chi connectivity index (χ0) is 14.2. The number of benzene rings is 1. The summed E-state index contributed by atoms with van der Waals surface area (Å²) in [5.74, 6) is -3.71. The van der Waals surface area contributed by atoms with Crippen LogP contribution in [0.4, 0.5) is 27.8 Å². The van der Waals surface area contributed by atoms with Crippen LogP contribution in [0.5, 0.6) is 0 Å². The second kappa shape index (κ2) is 4.45. The Morgan fingerprint density at radius 3 is 2.32 bits per heavy atom. The molecule has 0 amide bonds. The highest BCUT2D eigenvalue weighted by Gasteiger charge is 2.35. The Labute approximate surface area is 103 Å². The molecule has 0 atom stereocenters. The van der Waals surface area contributed by atoms with Crippen molar-refractivity contribution in [3.05, 3.63) is 41.7 Å². The molecule has 8 heteroatoms. The van der Waals surface area contributed by atoms with Crippen molar-refractivity contribution in [2.75, 3.05) is 5.73 Å². The molecule has 0 saturated carbocycles. The number of hydrogen-bond donors (Lipinski definition) is 1. The van der Waals surface area contributed by atoms with Crippen molar-refractivity contribution in [2.24, 2.45) is 0 Å². The van der Waals surface area contributed by atoms with Gasteiger partial charge in [0.25, 0.3) is 0 Å². The third-order valence-corrected chi connectivity index (χ3v) is 2.20. The maximum Gasteiger partial charge on any atom is 0.451 e. The van der Waals surface area contributed by atoms with Crippen LogP contribution in [0.2, 0.25) is 0 Å². The van der Waals surface area contributed by atoms with Gasteiger partial charge in [-0.3, -0.25) is 0 Å². The van der Waals surface area contributed by atoms with Crippen molar-refractivity contribution in [2.45, 2.75) is 6.18 Å². The van der Waals surface area contributed by atoms with Gasteiger partial charge in [-0.1, -0.05) is 0 Å². The van der Waals surface area contributed by atoms with Crippen molar-refractivity contribution in [3.63, 3.8) is 0 Å². The highest BCUT2D eigenvalue weighted by Crippen LogP contribution is 2.30.